The second-order valence-electron chi connectivity index (χ2n) is 5.41. The smallest absolute Gasteiger partial charge is 0.343 e. The van der Waals surface area contributed by atoms with Crippen molar-refractivity contribution in [1.29, 1.82) is 0 Å². The van der Waals surface area contributed by atoms with Gasteiger partial charge in [-0.3, -0.25) is 4.79 Å². The van der Waals surface area contributed by atoms with Gasteiger partial charge in [-0.25, -0.2) is 4.79 Å². The van der Waals surface area contributed by atoms with Crippen LogP contribution in [-0.2, 0) is 9.53 Å². The van der Waals surface area contributed by atoms with Crippen molar-refractivity contribution in [2.24, 2.45) is 0 Å². The van der Waals surface area contributed by atoms with Crippen molar-refractivity contribution in [3.8, 4) is 5.75 Å². The van der Waals surface area contributed by atoms with Gasteiger partial charge in [-0.2, -0.15) is 0 Å². The Kier molecular flexibility index (Phi) is 5.90. The topological polar surface area (TPSA) is 52.6 Å². The molecule has 0 aliphatic heterocycles. The minimum atomic E-state index is -0.425. The third-order valence-electron chi connectivity index (χ3n) is 3.53. The maximum absolute atomic E-state index is 12.1. The van der Waals surface area contributed by atoms with Gasteiger partial charge >= 0.3 is 5.97 Å². The lowest BCUT2D eigenvalue weighted by Gasteiger charge is -2.12. The average Bonchev–Trinajstić information content (AvgIpc) is 2.59. The van der Waals surface area contributed by atoms with Gasteiger partial charge in [0.25, 0.3) is 0 Å². The summed E-state index contributed by atoms with van der Waals surface area (Å²) in [6.07, 6.45) is 3.33. The van der Waals surface area contributed by atoms with Crippen molar-refractivity contribution in [2.75, 3.05) is 13.7 Å². The predicted molar refractivity (Wildman–Crippen MR) is 93.2 cm³/mol. The SMILES string of the molecule is COC(=O)COc1c(C)cc(C=CC(=O)c2ccccc2)cc1C. The maximum Gasteiger partial charge on any atom is 0.343 e. The summed E-state index contributed by atoms with van der Waals surface area (Å²) < 4.78 is 10.1. The Morgan fingerprint density at radius 1 is 1.04 bits per heavy atom. The first-order valence-corrected chi connectivity index (χ1v) is 7.59. The Hall–Kier alpha value is -2.88. The molecule has 4 heteroatoms. The summed E-state index contributed by atoms with van der Waals surface area (Å²) in [5.41, 5.74) is 3.34. The van der Waals surface area contributed by atoms with Crippen molar-refractivity contribution < 1.29 is 19.1 Å². The van der Waals surface area contributed by atoms with Crippen LogP contribution in [0, 0.1) is 13.8 Å². The van der Waals surface area contributed by atoms with Gasteiger partial charge in [0.2, 0.25) is 0 Å². The van der Waals surface area contributed by atoms with E-state index in [0.717, 1.165) is 16.7 Å². The first-order valence-electron chi connectivity index (χ1n) is 7.59. The van der Waals surface area contributed by atoms with Crippen molar-refractivity contribution in [3.63, 3.8) is 0 Å². The number of esters is 1. The highest BCUT2D eigenvalue weighted by Gasteiger charge is 2.09. The molecule has 4 nitrogen and oxygen atoms in total. The van der Waals surface area contributed by atoms with Crippen LogP contribution in [0.3, 0.4) is 0 Å². The number of rotatable bonds is 6. The molecule has 24 heavy (non-hydrogen) atoms. The number of aryl methyl sites for hydroxylation is 2. The molecule has 124 valence electrons. The molecule has 2 rings (SSSR count). The van der Waals surface area contributed by atoms with E-state index in [0.29, 0.717) is 11.3 Å². The van der Waals surface area contributed by atoms with Crippen LogP contribution in [0.4, 0.5) is 0 Å². The molecule has 0 saturated heterocycles. The standard InChI is InChI=1S/C20H20O4/c1-14-11-16(9-10-18(21)17-7-5-4-6-8-17)12-15(2)20(14)24-13-19(22)23-3/h4-12H,13H2,1-3H3. The van der Waals surface area contributed by atoms with E-state index in [1.54, 1.807) is 24.3 Å². The molecule has 0 atom stereocenters. The molecule has 0 unspecified atom stereocenters. The Bertz CT molecular complexity index is 737. The third-order valence-corrected chi connectivity index (χ3v) is 3.53. The minimum Gasteiger partial charge on any atom is -0.481 e. The fourth-order valence-corrected chi connectivity index (χ4v) is 2.37. The first-order chi connectivity index (χ1) is 11.5. The molecule has 0 radical (unpaired) electrons. The lowest BCUT2D eigenvalue weighted by molar-refractivity contribution is -0.142. The van der Waals surface area contributed by atoms with Crippen LogP contribution < -0.4 is 4.74 Å². The molecule has 2 aromatic rings. The molecule has 0 spiro atoms. The van der Waals surface area contributed by atoms with Crippen LogP contribution in [0.5, 0.6) is 5.75 Å². The average molecular weight is 324 g/mol. The highest BCUT2D eigenvalue weighted by Crippen LogP contribution is 2.25. The van der Waals surface area contributed by atoms with Crippen LogP contribution >= 0.6 is 0 Å². The van der Waals surface area contributed by atoms with Gasteiger partial charge in [-0.05, 0) is 48.7 Å². The largest absolute Gasteiger partial charge is 0.481 e. The van der Waals surface area contributed by atoms with Gasteiger partial charge in [0, 0.05) is 5.56 Å². The maximum atomic E-state index is 12.1. The van der Waals surface area contributed by atoms with Crippen LogP contribution in [0.15, 0.2) is 48.5 Å². The third kappa shape index (κ3) is 4.56. The summed E-state index contributed by atoms with van der Waals surface area (Å²) in [5, 5.41) is 0. The van der Waals surface area contributed by atoms with E-state index < -0.39 is 5.97 Å². The fraction of sp³-hybridized carbons (Fsp3) is 0.200. The normalized spacial score (nSPS) is 10.6. The molecule has 0 N–H and O–H groups in total. The van der Waals surface area contributed by atoms with Crippen LogP contribution in [0.1, 0.15) is 27.0 Å². The zero-order valence-corrected chi connectivity index (χ0v) is 14.0. The Labute approximate surface area is 141 Å². The molecule has 2 aromatic carbocycles. The lowest BCUT2D eigenvalue weighted by Crippen LogP contribution is -2.13. The molecule has 0 amide bonds. The highest BCUT2D eigenvalue weighted by molar-refractivity contribution is 6.06. The number of carbonyl (C=O) groups excluding carboxylic acids is 2. The fourth-order valence-electron chi connectivity index (χ4n) is 2.37. The second-order valence-corrected chi connectivity index (χ2v) is 5.41. The molecular formula is C20H20O4. The molecule has 0 fully saturated rings. The second kappa shape index (κ2) is 8.11. The molecule has 0 aromatic heterocycles. The molecule has 0 saturated carbocycles. The number of methoxy groups -OCH3 is 1. The van der Waals surface area contributed by atoms with E-state index in [1.807, 2.05) is 44.2 Å². The number of allylic oxidation sites excluding steroid dienone is 1. The van der Waals surface area contributed by atoms with Crippen molar-refractivity contribution in [1.82, 2.24) is 0 Å². The summed E-state index contributed by atoms with van der Waals surface area (Å²) in [5.74, 6) is 0.190. The molecular weight excluding hydrogens is 304 g/mol. The summed E-state index contributed by atoms with van der Waals surface area (Å²) in [6, 6.07) is 12.9. The van der Waals surface area contributed by atoms with Crippen LogP contribution in [-0.4, -0.2) is 25.5 Å². The quantitative estimate of drug-likeness (QED) is 0.461. The van der Waals surface area contributed by atoms with Crippen LogP contribution in [0.25, 0.3) is 6.08 Å². The monoisotopic (exact) mass is 324 g/mol. The summed E-state index contributed by atoms with van der Waals surface area (Å²) in [7, 11) is 1.32. The summed E-state index contributed by atoms with van der Waals surface area (Å²) >= 11 is 0. The zero-order valence-electron chi connectivity index (χ0n) is 14.0. The zero-order chi connectivity index (χ0) is 17.5. The van der Waals surface area contributed by atoms with Gasteiger partial charge in [0.1, 0.15) is 5.75 Å². The van der Waals surface area contributed by atoms with Crippen LogP contribution in [0.2, 0.25) is 0 Å². The van der Waals surface area contributed by atoms with Gasteiger partial charge in [-0.15, -0.1) is 0 Å². The van der Waals surface area contributed by atoms with Gasteiger partial charge in [-0.1, -0.05) is 36.4 Å². The number of ketones is 1. The number of benzene rings is 2. The Morgan fingerprint density at radius 2 is 1.67 bits per heavy atom. The number of hydrogen-bond acceptors (Lipinski definition) is 4. The molecule has 0 heterocycles. The van der Waals surface area contributed by atoms with E-state index in [-0.39, 0.29) is 12.4 Å². The van der Waals surface area contributed by atoms with Gasteiger partial charge < -0.3 is 9.47 Å². The Morgan fingerprint density at radius 3 is 2.25 bits per heavy atom. The predicted octanol–water partition coefficient (Wildman–Crippen LogP) is 3.75. The number of carbonyl (C=O) groups is 2. The van der Waals surface area contributed by atoms with E-state index >= 15 is 0 Å². The number of ether oxygens (including phenoxy) is 2. The molecule has 0 aliphatic carbocycles. The van der Waals surface area contributed by atoms with E-state index in [1.165, 1.54) is 7.11 Å². The summed E-state index contributed by atoms with van der Waals surface area (Å²) in [6.45, 7) is 3.67. The first kappa shape index (κ1) is 17.5. The van der Waals surface area contributed by atoms with Gasteiger partial charge in [0.05, 0.1) is 7.11 Å². The van der Waals surface area contributed by atoms with E-state index in [4.69, 9.17) is 4.74 Å². The highest BCUT2D eigenvalue weighted by atomic mass is 16.6. The molecule has 0 bridgehead atoms. The van der Waals surface area contributed by atoms with Crippen molar-refractivity contribution in [2.45, 2.75) is 13.8 Å². The van der Waals surface area contributed by atoms with Gasteiger partial charge in [0.15, 0.2) is 12.4 Å². The Balaban J connectivity index is 2.13. The molecule has 0 aliphatic rings. The van der Waals surface area contributed by atoms with Crippen molar-refractivity contribution >= 4 is 17.8 Å². The van der Waals surface area contributed by atoms with E-state index in [2.05, 4.69) is 4.74 Å². The van der Waals surface area contributed by atoms with Crippen molar-refractivity contribution in [3.05, 3.63) is 70.8 Å². The minimum absolute atomic E-state index is 0.0445. The lowest BCUT2D eigenvalue weighted by atomic mass is 10.0. The summed E-state index contributed by atoms with van der Waals surface area (Å²) in [4.78, 5) is 23.3. The van der Waals surface area contributed by atoms with E-state index in [9.17, 15) is 9.59 Å². The number of hydrogen-bond donors (Lipinski definition) is 0.